The molecule has 2 aromatic rings. The van der Waals surface area contributed by atoms with E-state index >= 15 is 0 Å². The standard InChI is InChI=1S/C19H23N5O2/c1-12-3-6-17(13(2)7-12)24-11-15(9-20-24)22-19(26)21-14-8-18(25)23(10-14)16-4-5-16/h3,6-7,9,11,14,16H,4-5,8,10H2,1-2H3,(H2,21,22,26). The Kier molecular flexibility index (Phi) is 4.14. The van der Waals surface area contributed by atoms with Crippen LogP contribution in [0.1, 0.15) is 30.4 Å². The highest BCUT2D eigenvalue weighted by atomic mass is 16.2. The molecular weight excluding hydrogens is 330 g/mol. The molecule has 1 saturated carbocycles. The van der Waals surface area contributed by atoms with Crippen molar-refractivity contribution in [3.05, 3.63) is 41.7 Å². The monoisotopic (exact) mass is 353 g/mol. The molecule has 1 aliphatic carbocycles. The number of hydrogen-bond acceptors (Lipinski definition) is 3. The van der Waals surface area contributed by atoms with Gasteiger partial charge in [-0.25, -0.2) is 9.48 Å². The second-order valence-electron chi connectivity index (χ2n) is 7.24. The lowest BCUT2D eigenvalue weighted by molar-refractivity contribution is -0.128. The molecule has 7 nitrogen and oxygen atoms in total. The molecule has 2 N–H and O–H groups in total. The predicted molar refractivity (Wildman–Crippen MR) is 98.3 cm³/mol. The number of aromatic nitrogens is 2. The molecule has 0 radical (unpaired) electrons. The van der Waals surface area contributed by atoms with Gasteiger partial charge in [0.25, 0.3) is 0 Å². The maximum Gasteiger partial charge on any atom is 0.319 e. The number of carbonyl (C=O) groups is 2. The summed E-state index contributed by atoms with van der Waals surface area (Å²) in [4.78, 5) is 26.1. The van der Waals surface area contributed by atoms with E-state index in [9.17, 15) is 9.59 Å². The Hall–Kier alpha value is -2.83. The summed E-state index contributed by atoms with van der Waals surface area (Å²) in [5.74, 6) is 0.139. The summed E-state index contributed by atoms with van der Waals surface area (Å²) >= 11 is 0. The van der Waals surface area contributed by atoms with Crippen molar-refractivity contribution in [2.45, 2.75) is 45.2 Å². The highest BCUT2D eigenvalue weighted by Gasteiger charge is 2.39. The van der Waals surface area contributed by atoms with E-state index in [4.69, 9.17) is 0 Å². The van der Waals surface area contributed by atoms with Gasteiger partial charge in [-0.05, 0) is 38.3 Å². The molecule has 136 valence electrons. The Balaban J connectivity index is 1.36. The molecule has 2 fully saturated rings. The summed E-state index contributed by atoms with van der Waals surface area (Å²) in [5, 5.41) is 10.0. The van der Waals surface area contributed by atoms with Gasteiger partial charge in [0.15, 0.2) is 0 Å². The van der Waals surface area contributed by atoms with Gasteiger partial charge in [0.05, 0.1) is 29.8 Å². The minimum atomic E-state index is -0.305. The molecule has 1 aliphatic heterocycles. The van der Waals surface area contributed by atoms with Gasteiger partial charge in [-0.1, -0.05) is 17.7 Å². The zero-order valence-electron chi connectivity index (χ0n) is 15.0. The average Bonchev–Trinajstić information content (AvgIpc) is 3.21. The van der Waals surface area contributed by atoms with Gasteiger partial charge >= 0.3 is 6.03 Å². The van der Waals surface area contributed by atoms with Crippen LogP contribution in [0, 0.1) is 13.8 Å². The van der Waals surface area contributed by atoms with Crippen LogP contribution in [0.2, 0.25) is 0 Å². The molecule has 2 aliphatic rings. The second-order valence-corrected chi connectivity index (χ2v) is 7.24. The maximum atomic E-state index is 12.2. The van der Waals surface area contributed by atoms with Gasteiger partial charge in [-0.3, -0.25) is 4.79 Å². The van der Waals surface area contributed by atoms with Crippen LogP contribution in [0.3, 0.4) is 0 Å². The van der Waals surface area contributed by atoms with Crippen LogP contribution in [-0.4, -0.2) is 45.2 Å². The number of hydrogen-bond donors (Lipinski definition) is 2. The third kappa shape index (κ3) is 3.42. The first-order valence-corrected chi connectivity index (χ1v) is 8.99. The van der Waals surface area contributed by atoms with E-state index in [2.05, 4.69) is 28.7 Å². The van der Waals surface area contributed by atoms with E-state index in [1.807, 2.05) is 24.0 Å². The van der Waals surface area contributed by atoms with Crippen molar-refractivity contribution in [2.24, 2.45) is 0 Å². The van der Waals surface area contributed by atoms with Gasteiger partial charge in [-0.2, -0.15) is 5.10 Å². The van der Waals surface area contributed by atoms with Crippen LogP contribution in [-0.2, 0) is 4.79 Å². The van der Waals surface area contributed by atoms with Crippen LogP contribution in [0.15, 0.2) is 30.6 Å². The highest BCUT2D eigenvalue weighted by Crippen LogP contribution is 2.30. The van der Waals surface area contributed by atoms with Crippen LogP contribution >= 0.6 is 0 Å². The normalized spacial score (nSPS) is 19.7. The van der Waals surface area contributed by atoms with Crippen molar-refractivity contribution < 1.29 is 9.59 Å². The molecule has 2 heterocycles. The molecule has 1 aromatic heterocycles. The van der Waals surface area contributed by atoms with Crippen LogP contribution in [0.25, 0.3) is 5.69 Å². The highest BCUT2D eigenvalue weighted by molar-refractivity contribution is 5.90. The van der Waals surface area contributed by atoms with E-state index in [0.29, 0.717) is 24.7 Å². The Morgan fingerprint density at radius 2 is 2.08 bits per heavy atom. The third-order valence-electron chi connectivity index (χ3n) is 4.92. The first kappa shape index (κ1) is 16.6. The predicted octanol–water partition coefficient (Wildman–Crippen LogP) is 2.37. The Bertz CT molecular complexity index is 855. The molecule has 0 bridgehead atoms. The number of likely N-dealkylation sites (tertiary alicyclic amines) is 1. The fraction of sp³-hybridized carbons (Fsp3) is 0.421. The molecule has 1 saturated heterocycles. The number of carbonyl (C=O) groups excluding carboxylic acids is 2. The summed E-state index contributed by atoms with van der Waals surface area (Å²) < 4.78 is 1.75. The SMILES string of the molecule is Cc1ccc(-n2cc(NC(=O)NC3CC(=O)N(C4CC4)C3)cn2)c(C)c1. The Labute approximate surface area is 152 Å². The minimum Gasteiger partial charge on any atom is -0.338 e. The van der Waals surface area contributed by atoms with Gasteiger partial charge in [0.1, 0.15) is 0 Å². The number of rotatable bonds is 4. The Morgan fingerprint density at radius 3 is 2.81 bits per heavy atom. The number of urea groups is 1. The Morgan fingerprint density at radius 1 is 1.27 bits per heavy atom. The molecule has 1 atom stereocenters. The lowest BCUT2D eigenvalue weighted by atomic mass is 10.1. The van der Waals surface area contributed by atoms with Crippen LogP contribution < -0.4 is 10.6 Å². The topological polar surface area (TPSA) is 79.3 Å². The first-order chi connectivity index (χ1) is 12.5. The third-order valence-corrected chi connectivity index (χ3v) is 4.92. The average molecular weight is 353 g/mol. The largest absolute Gasteiger partial charge is 0.338 e. The molecule has 26 heavy (non-hydrogen) atoms. The summed E-state index contributed by atoms with van der Waals surface area (Å²) in [6, 6.07) is 6.11. The molecule has 7 heteroatoms. The summed E-state index contributed by atoms with van der Waals surface area (Å²) in [6.45, 7) is 4.70. The number of aryl methyl sites for hydroxylation is 2. The van der Waals surface area contributed by atoms with Gasteiger partial charge < -0.3 is 15.5 Å². The lowest BCUT2D eigenvalue weighted by Gasteiger charge is -2.16. The van der Waals surface area contributed by atoms with Crippen molar-refractivity contribution in [3.8, 4) is 5.69 Å². The van der Waals surface area contributed by atoms with Crippen molar-refractivity contribution in [3.63, 3.8) is 0 Å². The van der Waals surface area contributed by atoms with Crippen molar-refractivity contribution in [1.29, 1.82) is 0 Å². The summed E-state index contributed by atoms with van der Waals surface area (Å²) in [7, 11) is 0. The zero-order valence-corrected chi connectivity index (χ0v) is 15.0. The lowest BCUT2D eigenvalue weighted by Crippen LogP contribution is -2.40. The molecule has 3 amide bonds. The molecular formula is C19H23N5O2. The van der Waals surface area contributed by atoms with E-state index in [1.165, 1.54) is 5.56 Å². The van der Waals surface area contributed by atoms with Crippen molar-refractivity contribution in [1.82, 2.24) is 20.0 Å². The van der Waals surface area contributed by atoms with Crippen molar-refractivity contribution >= 4 is 17.6 Å². The van der Waals surface area contributed by atoms with Crippen LogP contribution in [0.5, 0.6) is 0 Å². The number of anilines is 1. The fourth-order valence-electron chi connectivity index (χ4n) is 3.50. The summed E-state index contributed by atoms with van der Waals surface area (Å²) in [6.07, 6.45) is 5.96. The second kappa shape index (κ2) is 6.48. The zero-order chi connectivity index (χ0) is 18.3. The molecule has 1 unspecified atom stereocenters. The van der Waals surface area contributed by atoms with Crippen molar-refractivity contribution in [2.75, 3.05) is 11.9 Å². The molecule has 4 rings (SSSR count). The van der Waals surface area contributed by atoms with E-state index < -0.39 is 0 Å². The van der Waals surface area contributed by atoms with E-state index in [0.717, 1.165) is 24.1 Å². The summed E-state index contributed by atoms with van der Waals surface area (Å²) in [5.41, 5.74) is 3.91. The quantitative estimate of drug-likeness (QED) is 0.886. The fourth-order valence-corrected chi connectivity index (χ4v) is 3.50. The van der Waals surface area contributed by atoms with Gasteiger partial charge in [0, 0.05) is 19.0 Å². The van der Waals surface area contributed by atoms with E-state index in [-0.39, 0.29) is 18.0 Å². The van der Waals surface area contributed by atoms with E-state index in [1.54, 1.807) is 17.1 Å². The minimum absolute atomic E-state index is 0.127. The number of nitrogens with one attached hydrogen (secondary N) is 2. The number of amides is 3. The molecule has 0 spiro atoms. The van der Waals surface area contributed by atoms with Crippen LogP contribution in [0.4, 0.5) is 10.5 Å². The first-order valence-electron chi connectivity index (χ1n) is 8.99. The smallest absolute Gasteiger partial charge is 0.319 e. The molecule has 1 aromatic carbocycles. The number of benzene rings is 1. The van der Waals surface area contributed by atoms with Gasteiger partial charge in [0.2, 0.25) is 5.91 Å². The maximum absolute atomic E-state index is 12.2. The number of nitrogens with zero attached hydrogens (tertiary/aromatic N) is 3. The van der Waals surface area contributed by atoms with Gasteiger partial charge in [-0.15, -0.1) is 0 Å².